The Balaban J connectivity index is 1.56. The van der Waals surface area contributed by atoms with E-state index < -0.39 is 5.82 Å². The molecule has 1 aromatic heterocycles. The number of benzene rings is 3. The van der Waals surface area contributed by atoms with Gasteiger partial charge in [0.25, 0.3) is 5.91 Å². The molecule has 0 unspecified atom stereocenters. The first-order chi connectivity index (χ1) is 19.7. The molecule has 0 atom stereocenters. The summed E-state index contributed by atoms with van der Waals surface area (Å²) >= 11 is 0. The van der Waals surface area contributed by atoms with Crippen molar-refractivity contribution in [2.45, 2.75) is 45.6 Å². The van der Waals surface area contributed by atoms with Crippen LogP contribution in [0.2, 0.25) is 0 Å². The van der Waals surface area contributed by atoms with Gasteiger partial charge in [0.05, 0.1) is 0 Å². The molecule has 7 heteroatoms. The minimum absolute atomic E-state index is 0.0345. The van der Waals surface area contributed by atoms with Gasteiger partial charge in [0.1, 0.15) is 12.4 Å². The molecule has 0 saturated carbocycles. The Bertz CT molecular complexity index is 1440. The number of halogens is 1. The van der Waals surface area contributed by atoms with E-state index in [1.54, 1.807) is 7.11 Å². The van der Waals surface area contributed by atoms with Gasteiger partial charge in [-0.15, -0.1) is 0 Å². The minimum atomic E-state index is -0.413. The number of para-hydroxylation sites is 1. The first kappa shape index (κ1) is 30.0. The summed E-state index contributed by atoms with van der Waals surface area (Å²) in [5.74, 6) is -0.859. The number of aromatic nitrogens is 1. The van der Waals surface area contributed by atoms with E-state index in [-0.39, 0.29) is 23.8 Å². The van der Waals surface area contributed by atoms with Gasteiger partial charge in [0.2, 0.25) is 5.91 Å². The SMILES string of the molecule is COCCCN(CC(=O)N(CCc1c[nH]c2ccccc12)Cc1ccc(C(C)(C)C)cc1)C(=O)c1ccc(F)cc1. The van der Waals surface area contributed by atoms with E-state index in [0.717, 1.165) is 22.0 Å². The zero-order valence-corrected chi connectivity index (χ0v) is 24.5. The maximum atomic E-state index is 13.9. The number of hydrogen-bond acceptors (Lipinski definition) is 3. The van der Waals surface area contributed by atoms with Crippen molar-refractivity contribution in [3.05, 3.63) is 107 Å². The number of hydrogen-bond donors (Lipinski definition) is 1. The third-order valence-corrected chi connectivity index (χ3v) is 7.35. The van der Waals surface area contributed by atoms with E-state index in [4.69, 9.17) is 4.74 Å². The molecule has 0 fully saturated rings. The maximum absolute atomic E-state index is 13.9. The topological polar surface area (TPSA) is 65.6 Å². The molecule has 0 aliphatic heterocycles. The predicted molar refractivity (Wildman–Crippen MR) is 161 cm³/mol. The normalized spacial score (nSPS) is 11.5. The molecular formula is C34H40FN3O3. The summed E-state index contributed by atoms with van der Waals surface area (Å²) in [6.07, 6.45) is 3.26. The van der Waals surface area contributed by atoms with E-state index in [2.05, 4.69) is 56.1 Å². The molecular weight excluding hydrogens is 517 g/mol. The standard InChI is InChI=1S/C34H40FN3O3/c1-34(2,3)28-14-10-25(11-15-28)23-37(20-18-27-22-36-31-9-6-5-8-30(27)31)32(39)24-38(19-7-21-41-4)33(40)26-12-16-29(35)17-13-26/h5-6,8-17,22,36H,7,18-21,23-24H2,1-4H3. The number of carbonyl (C=O) groups is 2. The van der Waals surface area contributed by atoms with Crippen LogP contribution >= 0.6 is 0 Å². The fourth-order valence-corrected chi connectivity index (χ4v) is 4.91. The molecule has 4 aromatic rings. The van der Waals surface area contributed by atoms with Crippen LogP contribution in [0.25, 0.3) is 10.9 Å². The second-order valence-corrected chi connectivity index (χ2v) is 11.5. The Kier molecular flexibility index (Phi) is 9.95. The second-order valence-electron chi connectivity index (χ2n) is 11.5. The number of fused-ring (bicyclic) bond motifs is 1. The van der Waals surface area contributed by atoms with Crippen molar-refractivity contribution < 1.29 is 18.7 Å². The van der Waals surface area contributed by atoms with Crippen LogP contribution in [0, 0.1) is 5.82 Å². The highest BCUT2D eigenvalue weighted by atomic mass is 19.1. The molecule has 4 rings (SSSR count). The summed E-state index contributed by atoms with van der Waals surface area (Å²) in [7, 11) is 1.61. The summed E-state index contributed by atoms with van der Waals surface area (Å²) < 4.78 is 18.7. The van der Waals surface area contributed by atoms with E-state index in [9.17, 15) is 14.0 Å². The molecule has 0 radical (unpaired) electrons. The van der Waals surface area contributed by atoms with Gasteiger partial charge in [0, 0.05) is 56.0 Å². The zero-order chi connectivity index (χ0) is 29.4. The van der Waals surface area contributed by atoms with E-state index in [0.29, 0.717) is 44.6 Å². The number of methoxy groups -OCH3 is 1. The summed E-state index contributed by atoms with van der Waals surface area (Å²) in [6.45, 7) is 8.20. The fraction of sp³-hybridized carbons (Fsp3) is 0.353. The maximum Gasteiger partial charge on any atom is 0.254 e. The van der Waals surface area contributed by atoms with Gasteiger partial charge in [-0.2, -0.15) is 0 Å². The van der Waals surface area contributed by atoms with Crippen LogP contribution in [-0.2, 0) is 27.9 Å². The lowest BCUT2D eigenvalue weighted by Gasteiger charge is -2.28. The largest absolute Gasteiger partial charge is 0.385 e. The molecule has 2 amide bonds. The minimum Gasteiger partial charge on any atom is -0.385 e. The van der Waals surface area contributed by atoms with Crippen LogP contribution in [0.15, 0.2) is 79.0 Å². The van der Waals surface area contributed by atoms with Crippen LogP contribution in [0.1, 0.15) is 54.2 Å². The molecule has 0 aliphatic rings. The lowest BCUT2D eigenvalue weighted by Crippen LogP contribution is -2.44. The Labute approximate surface area is 242 Å². The number of nitrogens with one attached hydrogen (secondary N) is 1. The monoisotopic (exact) mass is 557 g/mol. The van der Waals surface area contributed by atoms with Crippen molar-refractivity contribution in [2.24, 2.45) is 0 Å². The lowest BCUT2D eigenvalue weighted by molar-refractivity contribution is -0.132. The molecule has 216 valence electrons. The molecule has 6 nitrogen and oxygen atoms in total. The highest BCUT2D eigenvalue weighted by molar-refractivity contribution is 5.96. The quantitative estimate of drug-likeness (QED) is 0.206. The third-order valence-electron chi connectivity index (χ3n) is 7.35. The van der Waals surface area contributed by atoms with Crippen LogP contribution < -0.4 is 0 Å². The zero-order valence-electron chi connectivity index (χ0n) is 24.5. The van der Waals surface area contributed by atoms with Gasteiger partial charge >= 0.3 is 0 Å². The van der Waals surface area contributed by atoms with Gasteiger partial charge < -0.3 is 19.5 Å². The first-order valence-electron chi connectivity index (χ1n) is 14.1. The van der Waals surface area contributed by atoms with Crippen LogP contribution in [0.5, 0.6) is 0 Å². The predicted octanol–water partition coefficient (Wildman–Crippen LogP) is 6.35. The summed E-state index contributed by atoms with van der Waals surface area (Å²) in [6, 6.07) is 21.9. The summed E-state index contributed by atoms with van der Waals surface area (Å²) in [4.78, 5) is 33.9. The van der Waals surface area contributed by atoms with Gasteiger partial charge in [-0.1, -0.05) is 63.2 Å². The van der Waals surface area contributed by atoms with Gasteiger partial charge in [-0.25, -0.2) is 4.39 Å². The number of H-pyrrole nitrogens is 1. The highest BCUT2D eigenvalue weighted by Gasteiger charge is 2.23. The number of rotatable bonds is 12. The van der Waals surface area contributed by atoms with Crippen molar-refractivity contribution >= 4 is 22.7 Å². The van der Waals surface area contributed by atoms with Gasteiger partial charge in [-0.05, 0) is 65.3 Å². The number of ether oxygens (including phenoxy) is 1. The number of aromatic amines is 1. The Morgan fingerprint density at radius 2 is 1.61 bits per heavy atom. The fourth-order valence-electron chi connectivity index (χ4n) is 4.91. The average Bonchev–Trinajstić information content (AvgIpc) is 3.37. The third kappa shape index (κ3) is 8.04. The lowest BCUT2D eigenvalue weighted by atomic mass is 9.87. The first-order valence-corrected chi connectivity index (χ1v) is 14.1. The smallest absolute Gasteiger partial charge is 0.254 e. The van der Waals surface area contributed by atoms with Gasteiger partial charge in [-0.3, -0.25) is 9.59 Å². The molecule has 41 heavy (non-hydrogen) atoms. The molecule has 1 N–H and O–H groups in total. The molecule has 3 aromatic carbocycles. The summed E-state index contributed by atoms with van der Waals surface area (Å²) in [5.41, 5.74) is 4.84. The molecule has 0 aliphatic carbocycles. The van der Waals surface area contributed by atoms with Crippen LogP contribution in [-0.4, -0.2) is 59.9 Å². The van der Waals surface area contributed by atoms with Crippen LogP contribution in [0.4, 0.5) is 4.39 Å². The Morgan fingerprint density at radius 3 is 2.29 bits per heavy atom. The molecule has 0 bridgehead atoms. The van der Waals surface area contributed by atoms with E-state index in [1.165, 1.54) is 34.7 Å². The second kappa shape index (κ2) is 13.6. The van der Waals surface area contributed by atoms with E-state index in [1.807, 2.05) is 29.3 Å². The number of nitrogens with zero attached hydrogens (tertiary/aromatic N) is 2. The average molecular weight is 558 g/mol. The molecule has 0 saturated heterocycles. The molecule has 1 heterocycles. The van der Waals surface area contributed by atoms with Crippen LogP contribution in [0.3, 0.4) is 0 Å². The van der Waals surface area contributed by atoms with Crippen molar-refractivity contribution in [3.8, 4) is 0 Å². The van der Waals surface area contributed by atoms with Gasteiger partial charge in [0.15, 0.2) is 0 Å². The van der Waals surface area contributed by atoms with Crippen molar-refractivity contribution in [2.75, 3.05) is 33.4 Å². The van der Waals surface area contributed by atoms with E-state index >= 15 is 0 Å². The highest BCUT2D eigenvalue weighted by Crippen LogP contribution is 2.23. The number of carbonyl (C=O) groups excluding carboxylic acids is 2. The Morgan fingerprint density at radius 1 is 0.902 bits per heavy atom. The Hall–Kier alpha value is -3.97. The van der Waals surface area contributed by atoms with Crippen molar-refractivity contribution in [1.29, 1.82) is 0 Å². The number of amides is 2. The van der Waals surface area contributed by atoms with Crippen molar-refractivity contribution in [1.82, 2.24) is 14.8 Å². The molecule has 0 spiro atoms. The summed E-state index contributed by atoms with van der Waals surface area (Å²) in [5, 5.41) is 1.14. The van der Waals surface area contributed by atoms with Crippen molar-refractivity contribution in [3.63, 3.8) is 0 Å².